The van der Waals surface area contributed by atoms with Crippen LogP contribution < -0.4 is 15.6 Å². The maximum atomic E-state index is 13.5. The number of nitrogens with zero attached hydrogens (tertiary/aromatic N) is 1. The molecule has 6 nitrogen and oxygen atoms in total. The fourth-order valence-electron chi connectivity index (χ4n) is 4.45. The molecule has 30 heavy (non-hydrogen) atoms. The van der Waals surface area contributed by atoms with Crippen LogP contribution in [0.5, 0.6) is 5.75 Å². The molecule has 0 saturated carbocycles. The third kappa shape index (κ3) is 2.96. The highest BCUT2D eigenvalue weighted by Crippen LogP contribution is 2.43. The SMILES string of the molecule is CCOc1ccc([C@@H]2C3=C(CCCC3=O)Nc3[nH]n(-c4ccccc4)c(=O)c32)cc1. The molecule has 0 fully saturated rings. The highest BCUT2D eigenvalue weighted by molar-refractivity contribution is 6.00. The molecule has 3 aromatic rings. The Morgan fingerprint density at radius 2 is 1.80 bits per heavy atom. The molecule has 0 amide bonds. The summed E-state index contributed by atoms with van der Waals surface area (Å²) in [5.74, 6) is 1.15. The Labute approximate surface area is 174 Å². The summed E-state index contributed by atoms with van der Waals surface area (Å²) in [7, 11) is 0. The van der Waals surface area contributed by atoms with Crippen molar-refractivity contribution in [3.05, 3.63) is 87.3 Å². The summed E-state index contributed by atoms with van der Waals surface area (Å²) in [5.41, 5.74) is 3.74. The topological polar surface area (TPSA) is 76.1 Å². The van der Waals surface area contributed by atoms with E-state index in [4.69, 9.17) is 4.74 Å². The number of para-hydroxylation sites is 1. The third-order valence-electron chi connectivity index (χ3n) is 5.77. The number of ether oxygens (including phenoxy) is 1. The van der Waals surface area contributed by atoms with Gasteiger partial charge in [0.15, 0.2) is 5.78 Å². The van der Waals surface area contributed by atoms with Crippen LogP contribution in [0.25, 0.3) is 5.69 Å². The molecule has 152 valence electrons. The van der Waals surface area contributed by atoms with Gasteiger partial charge >= 0.3 is 0 Å². The van der Waals surface area contributed by atoms with Crippen LogP contribution in [-0.2, 0) is 4.79 Å². The number of ketones is 1. The van der Waals surface area contributed by atoms with Gasteiger partial charge in [0.2, 0.25) is 0 Å². The first kappa shape index (κ1) is 18.5. The van der Waals surface area contributed by atoms with E-state index in [9.17, 15) is 9.59 Å². The molecule has 2 heterocycles. The van der Waals surface area contributed by atoms with E-state index in [1.807, 2.05) is 61.5 Å². The van der Waals surface area contributed by atoms with Gasteiger partial charge in [0.25, 0.3) is 5.56 Å². The van der Waals surface area contributed by atoms with Gasteiger partial charge < -0.3 is 10.1 Å². The molecular formula is C24H23N3O3. The molecule has 0 saturated heterocycles. The summed E-state index contributed by atoms with van der Waals surface area (Å²) in [6.45, 7) is 2.53. The van der Waals surface area contributed by atoms with Crippen LogP contribution in [0, 0.1) is 0 Å². The Balaban J connectivity index is 1.69. The van der Waals surface area contributed by atoms with Crippen molar-refractivity contribution in [3.63, 3.8) is 0 Å². The highest BCUT2D eigenvalue weighted by atomic mass is 16.5. The van der Waals surface area contributed by atoms with Gasteiger partial charge in [-0.05, 0) is 49.6 Å². The highest BCUT2D eigenvalue weighted by Gasteiger charge is 2.38. The summed E-state index contributed by atoms with van der Waals surface area (Å²) < 4.78 is 7.11. The Hall–Kier alpha value is -3.54. The Morgan fingerprint density at radius 1 is 1.03 bits per heavy atom. The number of carbonyl (C=O) groups excluding carboxylic acids is 1. The van der Waals surface area contributed by atoms with Gasteiger partial charge in [0.1, 0.15) is 11.6 Å². The largest absolute Gasteiger partial charge is 0.494 e. The summed E-state index contributed by atoms with van der Waals surface area (Å²) in [4.78, 5) is 26.4. The van der Waals surface area contributed by atoms with Crippen LogP contribution in [0.2, 0.25) is 0 Å². The van der Waals surface area contributed by atoms with E-state index in [2.05, 4.69) is 10.4 Å². The fraction of sp³-hybridized carbons (Fsp3) is 0.250. The number of fused-ring (bicyclic) bond motifs is 1. The zero-order valence-corrected chi connectivity index (χ0v) is 16.8. The lowest BCUT2D eigenvalue weighted by Crippen LogP contribution is -2.29. The minimum atomic E-state index is -0.395. The number of hydrogen-bond donors (Lipinski definition) is 2. The van der Waals surface area contributed by atoms with Gasteiger partial charge in [-0.1, -0.05) is 30.3 Å². The number of rotatable bonds is 4. The predicted octanol–water partition coefficient (Wildman–Crippen LogP) is 4.13. The van der Waals surface area contributed by atoms with Gasteiger partial charge in [-0.25, -0.2) is 4.68 Å². The zero-order chi connectivity index (χ0) is 20.7. The average Bonchev–Trinajstić information content (AvgIpc) is 3.10. The van der Waals surface area contributed by atoms with Crippen molar-refractivity contribution < 1.29 is 9.53 Å². The molecule has 1 atom stereocenters. The second-order valence-corrected chi connectivity index (χ2v) is 7.61. The molecule has 6 heteroatoms. The number of hydrogen-bond acceptors (Lipinski definition) is 4. The fourth-order valence-corrected chi connectivity index (χ4v) is 4.45. The minimum Gasteiger partial charge on any atom is -0.494 e. The van der Waals surface area contributed by atoms with Crippen LogP contribution in [-0.4, -0.2) is 22.2 Å². The molecular weight excluding hydrogens is 378 g/mol. The van der Waals surface area contributed by atoms with Crippen molar-refractivity contribution in [2.75, 3.05) is 11.9 Å². The smallest absolute Gasteiger partial charge is 0.277 e. The molecule has 1 aliphatic carbocycles. The number of nitrogens with one attached hydrogen (secondary N) is 2. The molecule has 2 N–H and O–H groups in total. The van der Waals surface area contributed by atoms with Gasteiger partial charge in [0, 0.05) is 23.6 Å². The van der Waals surface area contributed by atoms with E-state index < -0.39 is 5.92 Å². The Bertz CT molecular complexity index is 1190. The molecule has 0 bridgehead atoms. The predicted molar refractivity (Wildman–Crippen MR) is 115 cm³/mol. The van der Waals surface area contributed by atoms with Crippen molar-refractivity contribution in [3.8, 4) is 11.4 Å². The first-order valence-corrected chi connectivity index (χ1v) is 10.3. The number of carbonyl (C=O) groups is 1. The van der Waals surface area contributed by atoms with Gasteiger partial charge in [0.05, 0.1) is 17.9 Å². The summed E-state index contributed by atoms with van der Waals surface area (Å²) >= 11 is 0. The zero-order valence-electron chi connectivity index (χ0n) is 16.8. The second kappa shape index (κ2) is 7.37. The molecule has 0 radical (unpaired) electrons. The molecule has 0 spiro atoms. The van der Waals surface area contributed by atoms with E-state index in [0.717, 1.165) is 35.5 Å². The first-order chi connectivity index (χ1) is 14.7. The lowest BCUT2D eigenvalue weighted by atomic mass is 9.77. The van der Waals surface area contributed by atoms with Gasteiger partial charge in [-0.3, -0.25) is 14.7 Å². The minimum absolute atomic E-state index is 0.111. The number of Topliss-reactive ketones (excluding diaryl/α,β-unsaturated/α-hetero) is 1. The van der Waals surface area contributed by atoms with E-state index in [-0.39, 0.29) is 11.3 Å². The standard InChI is InChI=1S/C24H23N3O3/c1-2-30-17-13-11-15(12-14-17)20-21-18(9-6-10-19(21)28)25-23-22(20)24(29)27(26-23)16-7-4-3-5-8-16/h3-5,7-8,11-14,20,25-26H,2,6,9-10H2,1H3/t20-/m1/s1. The molecule has 0 unspecified atom stereocenters. The lowest BCUT2D eigenvalue weighted by molar-refractivity contribution is -0.116. The van der Waals surface area contributed by atoms with Crippen molar-refractivity contribution >= 4 is 11.6 Å². The number of aromatic amines is 1. The second-order valence-electron chi connectivity index (χ2n) is 7.61. The van der Waals surface area contributed by atoms with Crippen LogP contribution >= 0.6 is 0 Å². The number of benzene rings is 2. The van der Waals surface area contributed by atoms with Crippen LogP contribution in [0.3, 0.4) is 0 Å². The molecule has 1 aromatic heterocycles. The van der Waals surface area contributed by atoms with Crippen LogP contribution in [0.4, 0.5) is 5.82 Å². The van der Waals surface area contributed by atoms with E-state index in [0.29, 0.717) is 30.0 Å². The average molecular weight is 401 g/mol. The Morgan fingerprint density at radius 3 is 2.53 bits per heavy atom. The molecule has 2 aromatic carbocycles. The summed E-state index contributed by atoms with van der Waals surface area (Å²) in [6, 6.07) is 17.2. The number of allylic oxidation sites excluding steroid dienone is 2. The first-order valence-electron chi connectivity index (χ1n) is 10.3. The van der Waals surface area contributed by atoms with E-state index in [1.54, 1.807) is 4.68 Å². The lowest BCUT2D eigenvalue weighted by Gasteiger charge is -2.31. The van der Waals surface area contributed by atoms with E-state index >= 15 is 0 Å². The number of H-pyrrole nitrogens is 1. The monoisotopic (exact) mass is 401 g/mol. The molecule has 5 rings (SSSR count). The van der Waals surface area contributed by atoms with Crippen LogP contribution in [0.1, 0.15) is 43.2 Å². The third-order valence-corrected chi connectivity index (χ3v) is 5.77. The Kier molecular flexibility index (Phi) is 4.54. The summed E-state index contributed by atoms with van der Waals surface area (Å²) in [6.07, 6.45) is 2.13. The normalized spacial score (nSPS) is 17.9. The number of aromatic nitrogens is 2. The maximum absolute atomic E-state index is 13.5. The molecule has 2 aliphatic rings. The number of anilines is 1. The van der Waals surface area contributed by atoms with Crippen molar-refractivity contribution in [1.82, 2.24) is 9.78 Å². The van der Waals surface area contributed by atoms with Crippen molar-refractivity contribution in [2.45, 2.75) is 32.1 Å². The summed E-state index contributed by atoms with van der Waals surface area (Å²) in [5, 5.41) is 6.57. The van der Waals surface area contributed by atoms with Crippen LogP contribution in [0.15, 0.2) is 70.7 Å². The maximum Gasteiger partial charge on any atom is 0.277 e. The van der Waals surface area contributed by atoms with Gasteiger partial charge in [-0.2, -0.15) is 0 Å². The quantitative estimate of drug-likeness (QED) is 0.689. The van der Waals surface area contributed by atoms with Crippen molar-refractivity contribution in [2.24, 2.45) is 0 Å². The van der Waals surface area contributed by atoms with Gasteiger partial charge in [-0.15, -0.1) is 0 Å². The van der Waals surface area contributed by atoms with E-state index in [1.165, 1.54) is 0 Å². The van der Waals surface area contributed by atoms with Crippen molar-refractivity contribution in [1.29, 1.82) is 0 Å². The molecule has 1 aliphatic heterocycles.